The highest BCUT2D eigenvalue weighted by atomic mass is 19.1. The van der Waals surface area contributed by atoms with E-state index in [0.29, 0.717) is 12.1 Å². The number of halogens is 2. The molecule has 7 heteroatoms. The molecular weight excluding hydrogens is 362 g/mol. The summed E-state index contributed by atoms with van der Waals surface area (Å²) in [6.45, 7) is 2.41. The first kappa shape index (κ1) is 19.1. The Kier molecular flexibility index (Phi) is 5.71. The number of aliphatic hydroxyl groups excluding tert-OH is 1. The number of rotatable bonds is 4. The molecule has 4 rings (SSSR count). The standard InChI is InChI=1S/C21H26F2N4O/c22-16-6-7-19(23)18(10-16)15-4-3-8-26(12-15)20-11-21(25-14-24-20)27-9-2-1-5-17(27)13-28/h6-7,10-11,14-15,17,28H,1-5,8-9,12-13H2. The smallest absolute Gasteiger partial charge is 0.134 e. The molecule has 0 spiro atoms. The van der Waals surface area contributed by atoms with Crippen molar-refractivity contribution < 1.29 is 13.9 Å². The van der Waals surface area contributed by atoms with Gasteiger partial charge < -0.3 is 14.9 Å². The second-order valence-corrected chi connectivity index (χ2v) is 7.71. The molecule has 2 aromatic rings. The van der Waals surface area contributed by atoms with Gasteiger partial charge in [0, 0.05) is 31.6 Å². The zero-order chi connectivity index (χ0) is 19.5. The van der Waals surface area contributed by atoms with E-state index in [-0.39, 0.29) is 24.4 Å². The zero-order valence-corrected chi connectivity index (χ0v) is 15.9. The van der Waals surface area contributed by atoms with E-state index in [0.717, 1.165) is 62.9 Å². The molecule has 2 atom stereocenters. The normalized spacial score (nSPS) is 23.1. The fraction of sp³-hybridized carbons (Fsp3) is 0.524. The van der Waals surface area contributed by atoms with Crippen LogP contribution in [0.25, 0.3) is 0 Å². The number of aliphatic hydroxyl groups is 1. The lowest BCUT2D eigenvalue weighted by molar-refractivity contribution is 0.239. The first-order valence-electron chi connectivity index (χ1n) is 10.0. The molecule has 1 aromatic carbocycles. The lowest BCUT2D eigenvalue weighted by Crippen LogP contribution is -2.42. The van der Waals surface area contributed by atoms with Crippen molar-refractivity contribution in [1.29, 1.82) is 0 Å². The van der Waals surface area contributed by atoms with Gasteiger partial charge in [-0.1, -0.05) is 0 Å². The molecular formula is C21H26F2N4O. The van der Waals surface area contributed by atoms with Crippen LogP contribution in [0.2, 0.25) is 0 Å². The van der Waals surface area contributed by atoms with Gasteiger partial charge in [-0.2, -0.15) is 0 Å². The Morgan fingerprint density at radius 3 is 2.71 bits per heavy atom. The van der Waals surface area contributed by atoms with Crippen LogP contribution >= 0.6 is 0 Å². The molecule has 1 N–H and O–H groups in total. The van der Waals surface area contributed by atoms with E-state index in [1.165, 1.54) is 12.1 Å². The van der Waals surface area contributed by atoms with Gasteiger partial charge in [-0.05, 0) is 55.9 Å². The first-order valence-corrected chi connectivity index (χ1v) is 10.0. The Hall–Kier alpha value is -2.28. The Bertz CT molecular complexity index is 819. The van der Waals surface area contributed by atoms with E-state index in [4.69, 9.17) is 0 Å². The van der Waals surface area contributed by atoms with Crippen molar-refractivity contribution in [2.75, 3.05) is 36.0 Å². The van der Waals surface area contributed by atoms with Crippen molar-refractivity contribution in [2.24, 2.45) is 0 Å². The van der Waals surface area contributed by atoms with Crippen LogP contribution in [0.1, 0.15) is 43.6 Å². The molecule has 0 bridgehead atoms. The van der Waals surface area contributed by atoms with Crippen LogP contribution in [0.3, 0.4) is 0 Å². The van der Waals surface area contributed by atoms with E-state index in [9.17, 15) is 13.9 Å². The Balaban J connectivity index is 1.55. The van der Waals surface area contributed by atoms with Crippen molar-refractivity contribution in [2.45, 2.75) is 44.1 Å². The molecule has 5 nitrogen and oxygen atoms in total. The third-order valence-corrected chi connectivity index (χ3v) is 5.91. The molecule has 28 heavy (non-hydrogen) atoms. The fourth-order valence-electron chi connectivity index (χ4n) is 4.43. The molecule has 1 aromatic heterocycles. The highest BCUT2D eigenvalue weighted by Gasteiger charge is 2.27. The van der Waals surface area contributed by atoms with E-state index >= 15 is 0 Å². The van der Waals surface area contributed by atoms with Crippen molar-refractivity contribution in [1.82, 2.24) is 9.97 Å². The monoisotopic (exact) mass is 388 g/mol. The van der Waals surface area contributed by atoms with Crippen molar-refractivity contribution in [3.05, 3.63) is 47.8 Å². The fourth-order valence-corrected chi connectivity index (χ4v) is 4.43. The summed E-state index contributed by atoms with van der Waals surface area (Å²) in [6.07, 6.45) is 6.43. The highest BCUT2D eigenvalue weighted by Crippen LogP contribution is 2.32. The predicted molar refractivity (Wildman–Crippen MR) is 105 cm³/mol. The summed E-state index contributed by atoms with van der Waals surface area (Å²) < 4.78 is 27.9. The van der Waals surface area contributed by atoms with Crippen LogP contribution in [0.5, 0.6) is 0 Å². The second-order valence-electron chi connectivity index (χ2n) is 7.71. The van der Waals surface area contributed by atoms with Crippen molar-refractivity contribution in [3.63, 3.8) is 0 Å². The SMILES string of the molecule is OCC1CCCCN1c1cc(N2CCCC(c3cc(F)ccc3F)C2)ncn1. The van der Waals surface area contributed by atoms with Crippen LogP contribution in [0, 0.1) is 11.6 Å². The number of benzene rings is 1. The quantitative estimate of drug-likeness (QED) is 0.869. The number of piperidine rings is 2. The molecule has 2 unspecified atom stereocenters. The van der Waals surface area contributed by atoms with Gasteiger partial charge in [0.25, 0.3) is 0 Å². The molecule has 0 radical (unpaired) electrons. The van der Waals surface area contributed by atoms with Gasteiger partial charge in [0.1, 0.15) is 29.6 Å². The molecule has 2 aliphatic heterocycles. The zero-order valence-electron chi connectivity index (χ0n) is 15.9. The van der Waals surface area contributed by atoms with Crippen LogP contribution in [0.15, 0.2) is 30.6 Å². The largest absolute Gasteiger partial charge is 0.394 e. The van der Waals surface area contributed by atoms with Gasteiger partial charge in [0.05, 0.1) is 12.6 Å². The molecule has 2 aliphatic rings. The summed E-state index contributed by atoms with van der Waals surface area (Å²) in [6, 6.07) is 5.73. The lowest BCUT2D eigenvalue weighted by Gasteiger charge is -2.37. The number of anilines is 2. The maximum atomic E-state index is 14.2. The van der Waals surface area contributed by atoms with E-state index in [1.54, 1.807) is 6.33 Å². The lowest BCUT2D eigenvalue weighted by atomic mass is 9.90. The average Bonchev–Trinajstić information content (AvgIpc) is 2.75. The molecule has 3 heterocycles. The number of hydrogen-bond acceptors (Lipinski definition) is 5. The minimum Gasteiger partial charge on any atom is -0.394 e. The van der Waals surface area contributed by atoms with Gasteiger partial charge in [-0.25, -0.2) is 18.7 Å². The Labute approximate surface area is 164 Å². The topological polar surface area (TPSA) is 52.5 Å². The van der Waals surface area contributed by atoms with Crippen LogP contribution < -0.4 is 9.80 Å². The molecule has 0 saturated carbocycles. The van der Waals surface area contributed by atoms with E-state index in [1.807, 2.05) is 6.07 Å². The molecule has 0 aliphatic carbocycles. The van der Waals surface area contributed by atoms with Gasteiger partial charge in [-0.15, -0.1) is 0 Å². The summed E-state index contributed by atoms with van der Waals surface area (Å²) in [5, 5.41) is 9.69. The third-order valence-electron chi connectivity index (χ3n) is 5.91. The van der Waals surface area contributed by atoms with Crippen molar-refractivity contribution in [3.8, 4) is 0 Å². The maximum absolute atomic E-state index is 14.2. The van der Waals surface area contributed by atoms with Gasteiger partial charge in [0.15, 0.2) is 0 Å². The van der Waals surface area contributed by atoms with Crippen LogP contribution in [0.4, 0.5) is 20.4 Å². The summed E-state index contributed by atoms with van der Waals surface area (Å²) >= 11 is 0. The van der Waals surface area contributed by atoms with Gasteiger partial charge >= 0.3 is 0 Å². The summed E-state index contributed by atoms with van der Waals surface area (Å²) in [4.78, 5) is 13.1. The minimum atomic E-state index is -0.405. The first-order chi connectivity index (χ1) is 13.7. The van der Waals surface area contributed by atoms with Gasteiger partial charge in [0.2, 0.25) is 0 Å². The molecule has 2 saturated heterocycles. The second kappa shape index (κ2) is 8.39. The minimum absolute atomic E-state index is 0.0666. The summed E-state index contributed by atoms with van der Waals surface area (Å²) in [5.41, 5.74) is 0.440. The summed E-state index contributed by atoms with van der Waals surface area (Å²) in [7, 11) is 0. The van der Waals surface area contributed by atoms with Crippen LogP contribution in [-0.4, -0.2) is 47.4 Å². The molecule has 0 amide bonds. The number of aromatic nitrogens is 2. The summed E-state index contributed by atoms with van der Waals surface area (Å²) in [5.74, 6) is 0.799. The van der Waals surface area contributed by atoms with Crippen LogP contribution in [-0.2, 0) is 0 Å². The van der Waals surface area contributed by atoms with E-state index < -0.39 is 5.82 Å². The Morgan fingerprint density at radius 1 is 1.00 bits per heavy atom. The van der Waals surface area contributed by atoms with Crippen molar-refractivity contribution >= 4 is 11.6 Å². The van der Waals surface area contributed by atoms with Gasteiger partial charge in [-0.3, -0.25) is 0 Å². The Morgan fingerprint density at radius 2 is 1.86 bits per heavy atom. The third kappa shape index (κ3) is 3.94. The number of nitrogens with zero attached hydrogens (tertiary/aromatic N) is 4. The predicted octanol–water partition coefficient (Wildman–Crippen LogP) is 3.49. The molecule has 2 fully saturated rings. The van der Waals surface area contributed by atoms with E-state index in [2.05, 4.69) is 19.8 Å². The molecule has 150 valence electrons. The average molecular weight is 388 g/mol. The maximum Gasteiger partial charge on any atom is 0.134 e. The highest BCUT2D eigenvalue weighted by molar-refractivity contribution is 5.51. The number of hydrogen-bond donors (Lipinski definition) is 1.